The van der Waals surface area contributed by atoms with Crippen molar-refractivity contribution in [3.05, 3.63) is 200 Å². The van der Waals surface area contributed by atoms with E-state index in [1.165, 1.54) is 11.1 Å². The SMILES string of the molecule is c1ccc(-c2ccc(-c3cc4c(oc5cccc(N(c6ccccc6-c6ccccc6)c6cccc7c6oc6ccccc67)c54)c4ccccc34)cc2)cc1. The van der Waals surface area contributed by atoms with Crippen molar-refractivity contribution in [1.82, 2.24) is 0 Å². The maximum Gasteiger partial charge on any atom is 0.159 e. The van der Waals surface area contributed by atoms with E-state index in [-0.39, 0.29) is 0 Å². The molecule has 0 saturated carbocycles. The van der Waals surface area contributed by atoms with Crippen molar-refractivity contribution >= 4 is 71.7 Å². The topological polar surface area (TPSA) is 29.5 Å². The monoisotopic (exact) mass is 703 g/mol. The molecule has 0 aliphatic heterocycles. The molecule has 0 N–H and O–H groups in total. The first-order valence-corrected chi connectivity index (χ1v) is 18.7. The van der Waals surface area contributed by atoms with Gasteiger partial charge in [-0.2, -0.15) is 0 Å². The van der Waals surface area contributed by atoms with Gasteiger partial charge in [-0.3, -0.25) is 0 Å². The van der Waals surface area contributed by atoms with E-state index in [1.54, 1.807) is 0 Å². The van der Waals surface area contributed by atoms with Crippen molar-refractivity contribution < 1.29 is 8.83 Å². The minimum absolute atomic E-state index is 0.827. The Morgan fingerprint density at radius 2 is 0.800 bits per heavy atom. The molecule has 0 saturated heterocycles. The molecule has 0 aliphatic rings. The summed E-state index contributed by atoms with van der Waals surface area (Å²) in [7, 11) is 0. The quantitative estimate of drug-likeness (QED) is 0.173. The molecule has 258 valence electrons. The van der Waals surface area contributed by atoms with E-state index in [2.05, 4.69) is 193 Å². The molecule has 0 radical (unpaired) electrons. The molecule has 0 unspecified atom stereocenters. The largest absolute Gasteiger partial charge is 0.455 e. The van der Waals surface area contributed by atoms with Crippen LogP contribution in [0.3, 0.4) is 0 Å². The Hall–Kier alpha value is -7.36. The minimum atomic E-state index is 0.827. The third-order valence-electron chi connectivity index (χ3n) is 10.9. The lowest BCUT2D eigenvalue weighted by Crippen LogP contribution is -2.12. The van der Waals surface area contributed by atoms with Gasteiger partial charge in [0.05, 0.1) is 22.4 Å². The number of hydrogen-bond acceptors (Lipinski definition) is 3. The van der Waals surface area contributed by atoms with Crippen molar-refractivity contribution in [1.29, 1.82) is 0 Å². The van der Waals surface area contributed by atoms with E-state index >= 15 is 0 Å². The zero-order chi connectivity index (χ0) is 36.3. The summed E-state index contributed by atoms with van der Waals surface area (Å²) >= 11 is 0. The number of furan rings is 2. The smallest absolute Gasteiger partial charge is 0.159 e. The lowest BCUT2D eigenvalue weighted by Gasteiger charge is -2.28. The number of para-hydroxylation sites is 3. The summed E-state index contributed by atoms with van der Waals surface area (Å²) in [6.07, 6.45) is 0. The summed E-state index contributed by atoms with van der Waals surface area (Å²) in [5.74, 6) is 0. The molecule has 2 aromatic heterocycles. The molecule has 0 aliphatic carbocycles. The molecule has 9 aromatic carbocycles. The van der Waals surface area contributed by atoms with Crippen molar-refractivity contribution in [2.45, 2.75) is 0 Å². The van der Waals surface area contributed by atoms with Gasteiger partial charge in [-0.05, 0) is 69.6 Å². The van der Waals surface area contributed by atoms with Crippen LogP contribution in [0.25, 0.3) is 88.0 Å². The summed E-state index contributed by atoms with van der Waals surface area (Å²) in [6.45, 7) is 0. The number of rotatable bonds is 6. The molecule has 0 bridgehead atoms. The van der Waals surface area contributed by atoms with E-state index in [1.807, 2.05) is 12.1 Å². The highest BCUT2D eigenvalue weighted by Gasteiger charge is 2.26. The number of anilines is 3. The molecular weight excluding hydrogens is 671 g/mol. The van der Waals surface area contributed by atoms with Gasteiger partial charge in [0.15, 0.2) is 5.58 Å². The lowest BCUT2D eigenvalue weighted by atomic mass is 9.93. The third kappa shape index (κ3) is 5.05. The van der Waals surface area contributed by atoms with E-state index in [9.17, 15) is 0 Å². The van der Waals surface area contributed by atoms with Gasteiger partial charge in [-0.1, -0.05) is 164 Å². The Kier molecular flexibility index (Phi) is 7.17. The van der Waals surface area contributed by atoms with Gasteiger partial charge in [0.2, 0.25) is 0 Å². The highest BCUT2D eigenvalue weighted by molar-refractivity contribution is 6.23. The Labute approximate surface area is 317 Å². The maximum atomic E-state index is 6.90. The van der Waals surface area contributed by atoms with Crippen LogP contribution in [-0.4, -0.2) is 0 Å². The number of fused-ring (bicyclic) bond motifs is 8. The number of nitrogens with zero attached hydrogens (tertiary/aromatic N) is 1. The van der Waals surface area contributed by atoms with Crippen molar-refractivity contribution in [3.8, 4) is 33.4 Å². The first-order valence-electron chi connectivity index (χ1n) is 18.7. The van der Waals surface area contributed by atoms with E-state index in [0.29, 0.717) is 0 Å². The molecule has 0 atom stereocenters. The Bertz CT molecular complexity index is 3190. The Balaban J connectivity index is 1.21. The molecule has 3 nitrogen and oxygen atoms in total. The molecule has 11 rings (SSSR count). The molecule has 2 heterocycles. The second-order valence-corrected chi connectivity index (χ2v) is 14.0. The van der Waals surface area contributed by atoms with Crippen molar-refractivity contribution in [2.24, 2.45) is 0 Å². The summed E-state index contributed by atoms with van der Waals surface area (Å²) in [5.41, 5.74) is 13.4. The fraction of sp³-hybridized carbons (Fsp3) is 0. The van der Waals surface area contributed by atoms with Crippen LogP contribution in [0.5, 0.6) is 0 Å². The average molecular weight is 704 g/mol. The van der Waals surface area contributed by atoms with Crippen molar-refractivity contribution in [2.75, 3.05) is 4.90 Å². The number of benzene rings is 9. The van der Waals surface area contributed by atoms with E-state index in [4.69, 9.17) is 8.83 Å². The standard InChI is InChI=1S/C52H33NO2/c1-3-15-34(16-4-1)35-29-31-37(32-30-35)43-33-44-50-46(25-14-28-49(50)55-51(44)41-22-8-7-20-39(41)43)53(45-24-11-9-19-38(45)36-17-5-2-6-18-36)47-26-13-23-42-40-21-10-12-27-48(40)54-52(42)47/h1-33H. The van der Waals surface area contributed by atoms with Crippen LogP contribution >= 0.6 is 0 Å². The van der Waals surface area contributed by atoms with E-state index < -0.39 is 0 Å². The summed E-state index contributed by atoms with van der Waals surface area (Å²) < 4.78 is 13.6. The predicted molar refractivity (Wildman–Crippen MR) is 229 cm³/mol. The summed E-state index contributed by atoms with van der Waals surface area (Å²) in [4.78, 5) is 2.37. The number of hydrogen-bond donors (Lipinski definition) is 0. The first-order chi connectivity index (χ1) is 27.3. The zero-order valence-electron chi connectivity index (χ0n) is 29.8. The molecule has 0 amide bonds. The van der Waals surface area contributed by atoms with Gasteiger partial charge in [0.25, 0.3) is 0 Å². The van der Waals surface area contributed by atoms with Crippen LogP contribution in [0.15, 0.2) is 209 Å². The van der Waals surface area contributed by atoms with Gasteiger partial charge in [0.1, 0.15) is 16.7 Å². The van der Waals surface area contributed by atoms with Gasteiger partial charge < -0.3 is 13.7 Å². The second-order valence-electron chi connectivity index (χ2n) is 14.0. The van der Waals surface area contributed by atoms with Crippen LogP contribution in [0.1, 0.15) is 0 Å². The van der Waals surface area contributed by atoms with Gasteiger partial charge in [0, 0.05) is 27.1 Å². The normalized spacial score (nSPS) is 11.6. The van der Waals surface area contributed by atoms with Gasteiger partial charge >= 0.3 is 0 Å². The fourth-order valence-electron chi connectivity index (χ4n) is 8.36. The van der Waals surface area contributed by atoms with Crippen LogP contribution in [0.2, 0.25) is 0 Å². The molecule has 11 aromatic rings. The Morgan fingerprint density at radius 1 is 0.291 bits per heavy atom. The highest BCUT2D eigenvalue weighted by atomic mass is 16.3. The minimum Gasteiger partial charge on any atom is -0.455 e. The maximum absolute atomic E-state index is 6.90. The predicted octanol–water partition coefficient (Wildman–Crippen LogP) is 15.1. The molecule has 0 spiro atoms. The van der Waals surface area contributed by atoms with Crippen molar-refractivity contribution in [3.63, 3.8) is 0 Å². The molecule has 55 heavy (non-hydrogen) atoms. The second kappa shape index (κ2) is 12.6. The van der Waals surface area contributed by atoms with Gasteiger partial charge in [-0.25, -0.2) is 0 Å². The van der Waals surface area contributed by atoms with Crippen LogP contribution in [0.4, 0.5) is 17.1 Å². The van der Waals surface area contributed by atoms with Crippen LogP contribution in [-0.2, 0) is 0 Å². The van der Waals surface area contributed by atoms with Crippen LogP contribution in [0, 0.1) is 0 Å². The first kappa shape index (κ1) is 31.2. The molecular formula is C52H33NO2. The molecule has 0 fully saturated rings. The van der Waals surface area contributed by atoms with Gasteiger partial charge in [-0.15, -0.1) is 0 Å². The highest BCUT2D eigenvalue weighted by Crippen LogP contribution is 2.50. The summed E-state index contributed by atoms with van der Waals surface area (Å²) in [6, 6.07) is 70.8. The zero-order valence-corrected chi connectivity index (χ0v) is 29.8. The summed E-state index contributed by atoms with van der Waals surface area (Å²) in [5, 5.41) is 6.51. The fourth-order valence-corrected chi connectivity index (χ4v) is 8.36. The third-order valence-corrected chi connectivity index (χ3v) is 10.9. The van der Waals surface area contributed by atoms with E-state index in [0.717, 1.165) is 94.0 Å². The molecule has 3 heteroatoms. The average Bonchev–Trinajstić information content (AvgIpc) is 3.84. The lowest BCUT2D eigenvalue weighted by molar-refractivity contribution is 0.669. The Morgan fingerprint density at radius 3 is 1.62 bits per heavy atom. The van der Waals surface area contributed by atoms with Crippen LogP contribution < -0.4 is 4.90 Å².